The highest BCUT2D eigenvalue weighted by molar-refractivity contribution is 9.10. The summed E-state index contributed by atoms with van der Waals surface area (Å²) in [6, 6.07) is 7.85. The molecule has 0 atom stereocenters. The molecule has 1 heterocycles. The summed E-state index contributed by atoms with van der Waals surface area (Å²) < 4.78 is 2.45. The molecule has 0 radical (unpaired) electrons. The molecule has 2 rings (SSSR count). The summed E-state index contributed by atoms with van der Waals surface area (Å²) in [6.45, 7) is 4.08. The lowest BCUT2D eigenvalue weighted by molar-refractivity contribution is 0.739. The van der Waals surface area contributed by atoms with Crippen LogP contribution in [0.5, 0.6) is 0 Å². The first kappa shape index (κ1) is 12.0. The molecule has 90 valence electrons. The van der Waals surface area contributed by atoms with Gasteiger partial charge in [-0.1, -0.05) is 41.9 Å². The van der Waals surface area contributed by atoms with E-state index >= 15 is 0 Å². The van der Waals surface area contributed by atoms with Crippen molar-refractivity contribution >= 4 is 21.7 Å². The highest BCUT2D eigenvalue weighted by Gasteiger charge is 2.16. The fourth-order valence-corrected chi connectivity index (χ4v) is 2.12. The molecule has 0 aliphatic carbocycles. The Morgan fingerprint density at radius 1 is 1.35 bits per heavy atom. The molecule has 0 unspecified atom stereocenters. The predicted molar refractivity (Wildman–Crippen MR) is 74.0 cm³/mol. The first-order valence-electron chi connectivity index (χ1n) is 5.40. The lowest BCUT2D eigenvalue weighted by atomic mass is 10.1. The summed E-state index contributed by atoms with van der Waals surface area (Å²) >= 11 is 3.43. The van der Waals surface area contributed by atoms with Crippen LogP contribution in [0.2, 0.25) is 0 Å². The summed E-state index contributed by atoms with van der Waals surface area (Å²) in [5, 5.41) is 0. The van der Waals surface area contributed by atoms with E-state index in [0.717, 1.165) is 21.6 Å². The van der Waals surface area contributed by atoms with Gasteiger partial charge in [0.15, 0.2) is 5.82 Å². The van der Waals surface area contributed by atoms with E-state index in [4.69, 9.17) is 11.6 Å². The summed E-state index contributed by atoms with van der Waals surface area (Å²) in [5.74, 6) is 7.42. The van der Waals surface area contributed by atoms with Crippen LogP contribution in [0.1, 0.15) is 25.6 Å². The molecule has 0 aliphatic heterocycles. The summed E-state index contributed by atoms with van der Waals surface area (Å²) in [5.41, 5.74) is 7.68. The summed E-state index contributed by atoms with van der Waals surface area (Å²) in [7, 11) is 0. The minimum Gasteiger partial charge on any atom is -0.382 e. The number of nitrogen functional groups attached to an aromatic ring is 2. The van der Waals surface area contributed by atoms with Gasteiger partial charge in [0, 0.05) is 16.0 Å². The second-order valence-corrected chi connectivity index (χ2v) is 5.15. The van der Waals surface area contributed by atoms with Crippen molar-refractivity contribution in [2.75, 3.05) is 11.6 Å². The van der Waals surface area contributed by atoms with Gasteiger partial charge in [0.05, 0.1) is 0 Å². The van der Waals surface area contributed by atoms with Gasteiger partial charge in [-0.25, -0.2) is 9.66 Å². The third kappa shape index (κ3) is 2.15. The van der Waals surface area contributed by atoms with E-state index in [9.17, 15) is 0 Å². The van der Waals surface area contributed by atoms with Crippen LogP contribution in [0.4, 0.5) is 5.82 Å². The highest BCUT2D eigenvalue weighted by Crippen LogP contribution is 2.29. The molecule has 0 fully saturated rings. The maximum Gasteiger partial charge on any atom is 0.150 e. The number of hydrogen-bond acceptors (Lipinski definition) is 3. The molecule has 0 spiro atoms. The molecule has 17 heavy (non-hydrogen) atoms. The van der Waals surface area contributed by atoms with Crippen LogP contribution in [0.25, 0.3) is 11.3 Å². The van der Waals surface area contributed by atoms with Gasteiger partial charge in [0.2, 0.25) is 0 Å². The number of hydrogen-bond donors (Lipinski definition) is 2. The molecule has 0 saturated carbocycles. The first-order chi connectivity index (χ1) is 8.00. The number of rotatable bonds is 2. The summed E-state index contributed by atoms with van der Waals surface area (Å²) in [4.78, 5) is 4.51. The number of nitrogens with two attached hydrogens (primary N) is 2. The van der Waals surface area contributed by atoms with E-state index in [1.165, 1.54) is 4.68 Å². The minimum atomic E-state index is 0.239. The van der Waals surface area contributed by atoms with Gasteiger partial charge in [-0.2, -0.15) is 0 Å². The van der Waals surface area contributed by atoms with Crippen LogP contribution in [0.15, 0.2) is 28.7 Å². The Morgan fingerprint density at radius 2 is 2.06 bits per heavy atom. The molecule has 4 N–H and O–H groups in total. The van der Waals surface area contributed by atoms with E-state index in [1.807, 2.05) is 38.1 Å². The lowest BCUT2D eigenvalue weighted by Crippen LogP contribution is -2.16. The Bertz CT molecular complexity index is 545. The normalized spacial score (nSPS) is 11.1. The zero-order valence-corrected chi connectivity index (χ0v) is 11.4. The molecule has 0 saturated heterocycles. The van der Waals surface area contributed by atoms with Crippen molar-refractivity contribution < 1.29 is 0 Å². The average Bonchev–Trinajstić information content (AvgIpc) is 2.56. The third-order valence-corrected chi connectivity index (χ3v) is 3.08. The number of nitrogens with zero attached hydrogens (tertiary/aromatic N) is 2. The molecular formula is C12H15BrN4. The fraction of sp³-hybridized carbons (Fsp3) is 0.250. The topological polar surface area (TPSA) is 69.9 Å². The molecule has 0 aliphatic rings. The van der Waals surface area contributed by atoms with E-state index < -0.39 is 0 Å². The van der Waals surface area contributed by atoms with E-state index in [1.54, 1.807) is 0 Å². The Labute approximate surface area is 109 Å². The van der Waals surface area contributed by atoms with Gasteiger partial charge < -0.3 is 11.6 Å². The maximum absolute atomic E-state index is 5.98. The van der Waals surface area contributed by atoms with Gasteiger partial charge in [-0.3, -0.25) is 0 Å². The Balaban J connectivity index is 2.57. The Hall–Kier alpha value is -1.49. The molecule has 4 nitrogen and oxygen atoms in total. The zero-order chi connectivity index (χ0) is 12.6. The second-order valence-electron chi connectivity index (χ2n) is 4.24. The van der Waals surface area contributed by atoms with Crippen LogP contribution >= 0.6 is 15.9 Å². The van der Waals surface area contributed by atoms with Crippen LogP contribution in [-0.4, -0.2) is 9.66 Å². The maximum atomic E-state index is 5.98. The number of anilines is 1. The highest BCUT2D eigenvalue weighted by atomic mass is 79.9. The number of imidazole rings is 1. The molecule has 1 aromatic carbocycles. The summed E-state index contributed by atoms with van der Waals surface area (Å²) in [6.07, 6.45) is 0. The van der Waals surface area contributed by atoms with Gasteiger partial charge in [-0.05, 0) is 12.1 Å². The van der Waals surface area contributed by atoms with Crippen molar-refractivity contribution in [2.45, 2.75) is 19.8 Å². The van der Waals surface area contributed by atoms with Crippen molar-refractivity contribution in [3.8, 4) is 11.3 Å². The zero-order valence-electron chi connectivity index (χ0n) is 9.81. The molecule has 2 aromatic rings. The largest absolute Gasteiger partial charge is 0.382 e. The lowest BCUT2D eigenvalue weighted by Gasteiger charge is -2.04. The first-order valence-corrected chi connectivity index (χ1v) is 6.19. The average molecular weight is 295 g/mol. The monoisotopic (exact) mass is 294 g/mol. The standard InChI is InChI=1S/C12H15BrN4/c1-7(2)12-16-10(11(14)17(12)15)8-4-3-5-9(13)6-8/h3-7H,14-15H2,1-2H3. The Kier molecular flexibility index (Phi) is 3.11. The van der Waals surface area contributed by atoms with Gasteiger partial charge in [0.25, 0.3) is 0 Å². The molecule has 0 amide bonds. The van der Waals surface area contributed by atoms with Crippen LogP contribution in [0, 0.1) is 0 Å². The van der Waals surface area contributed by atoms with Crippen molar-refractivity contribution in [3.63, 3.8) is 0 Å². The van der Waals surface area contributed by atoms with Crippen molar-refractivity contribution in [1.82, 2.24) is 9.66 Å². The molecule has 1 aromatic heterocycles. The minimum absolute atomic E-state index is 0.239. The predicted octanol–water partition coefficient (Wildman–Crippen LogP) is 2.73. The van der Waals surface area contributed by atoms with E-state index in [-0.39, 0.29) is 5.92 Å². The second kappa shape index (κ2) is 4.41. The fourth-order valence-electron chi connectivity index (χ4n) is 1.72. The quantitative estimate of drug-likeness (QED) is 0.837. The van der Waals surface area contributed by atoms with Crippen LogP contribution in [0.3, 0.4) is 0 Å². The number of benzene rings is 1. The van der Waals surface area contributed by atoms with Gasteiger partial charge in [0.1, 0.15) is 11.5 Å². The van der Waals surface area contributed by atoms with Crippen molar-refractivity contribution in [3.05, 3.63) is 34.6 Å². The van der Waals surface area contributed by atoms with Crippen molar-refractivity contribution in [2.24, 2.45) is 0 Å². The van der Waals surface area contributed by atoms with Crippen LogP contribution < -0.4 is 11.6 Å². The molecule has 5 heteroatoms. The molecule has 0 bridgehead atoms. The van der Waals surface area contributed by atoms with Gasteiger partial charge >= 0.3 is 0 Å². The smallest absolute Gasteiger partial charge is 0.150 e. The van der Waals surface area contributed by atoms with Gasteiger partial charge in [-0.15, -0.1) is 0 Å². The number of aromatic nitrogens is 2. The van der Waals surface area contributed by atoms with Crippen LogP contribution in [-0.2, 0) is 0 Å². The van der Waals surface area contributed by atoms with Crippen molar-refractivity contribution in [1.29, 1.82) is 0 Å². The van der Waals surface area contributed by atoms with E-state index in [0.29, 0.717) is 5.82 Å². The molecular weight excluding hydrogens is 280 g/mol. The SMILES string of the molecule is CC(C)c1nc(-c2cccc(Br)c2)c(N)n1N. The third-order valence-electron chi connectivity index (χ3n) is 2.59. The number of halogens is 1. The Morgan fingerprint density at radius 3 is 2.59 bits per heavy atom. The van der Waals surface area contributed by atoms with E-state index in [2.05, 4.69) is 20.9 Å².